The van der Waals surface area contributed by atoms with Gasteiger partial charge >= 0.3 is 5.97 Å². The molecule has 19 heavy (non-hydrogen) atoms. The summed E-state index contributed by atoms with van der Waals surface area (Å²) < 4.78 is 0. The minimum Gasteiger partial charge on any atom is -0.478 e. The summed E-state index contributed by atoms with van der Waals surface area (Å²) in [5.41, 5.74) is 8.38. The summed E-state index contributed by atoms with van der Waals surface area (Å²) in [5.74, 6) is -0.945. The zero-order valence-corrected chi connectivity index (χ0v) is 10.5. The Labute approximate surface area is 111 Å². The highest BCUT2D eigenvalue weighted by molar-refractivity contribution is 5.95. The van der Waals surface area contributed by atoms with Crippen LogP contribution in [0.2, 0.25) is 0 Å². The van der Waals surface area contributed by atoms with Crippen LogP contribution in [0.5, 0.6) is 0 Å². The fraction of sp³-hybridized carbons (Fsp3) is 0.133. The van der Waals surface area contributed by atoms with E-state index in [1.165, 1.54) is 0 Å². The third kappa shape index (κ3) is 3.11. The summed E-state index contributed by atoms with van der Waals surface area (Å²) in [7, 11) is 0. The highest BCUT2D eigenvalue weighted by Crippen LogP contribution is 2.24. The van der Waals surface area contributed by atoms with Crippen molar-refractivity contribution in [3.05, 3.63) is 59.7 Å². The maximum atomic E-state index is 11.2. The summed E-state index contributed by atoms with van der Waals surface area (Å²) in [6.07, 6.45) is 0.748. The van der Waals surface area contributed by atoms with Crippen LogP contribution >= 0.6 is 0 Å². The Morgan fingerprint density at radius 1 is 1.05 bits per heavy atom. The maximum Gasteiger partial charge on any atom is 0.337 e. The summed E-state index contributed by atoms with van der Waals surface area (Å²) in [6, 6.07) is 14.6. The van der Waals surface area contributed by atoms with E-state index in [4.69, 9.17) is 10.8 Å². The predicted octanol–water partition coefficient (Wildman–Crippen LogP) is 2.63. The first-order valence-electron chi connectivity index (χ1n) is 6.09. The molecule has 2 rings (SSSR count). The largest absolute Gasteiger partial charge is 0.478 e. The lowest BCUT2D eigenvalue weighted by molar-refractivity contribution is 0.0698. The average Bonchev–Trinajstić information content (AvgIpc) is 2.42. The molecule has 0 aliphatic heterocycles. The second-order valence-corrected chi connectivity index (χ2v) is 4.17. The van der Waals surface area contributed by atoms with Gasteiger partial charge in [-0.15, -0.1) is 0 Å². The topological polar surface area (TPSA) is 75.3 Å². The Morgan fingerprint density at radius 3 is 2.37 bits per heavy atom. The van der Waals surface area contributed by atoms with Crippen molar-refractivity contribution >= 4 is 17.3 Å². The van der Waals surface area contributed by atoms with Crippen LogP contribution < -0.4 is 11.1 Å². The highest BCUT2D eigenvalue weighted by Gasteiger charge is 2.10. The summed E-state index contributed by atoms with van der Waals surface area (Å²) >= 11 is 0. The van der Waals surface area contributed by atoms with Crippen LogP contribution in [0, 0.1) is 0 Å². The van der Waals surface area contributed by atoms with Gasteiger partial charge in [0.2, 0.25) is 0 Å². The molecule has 4 heteroatoms. The molecule has 4 nitrogen and oxygen atoms in total. The number of para-hydroxylation sites is 2. The second-order valence-electron chi connectivity index (χ2n) is 4.17. The van der Waals surface area contributed by atoms with Gasteiger partial charge in [0, 0.05) is 5.69 Å². The molecule has 0 radical (unpaired) electrons. The Balaban J connectivity index is 2.34. The van der Waals surface area contributed by atoms with Gasteiger partial charge in [0.1, 0.15) is 0 Å². The number of carboxylic acid groups (broad SMARTS) is 1. The molecule has 0 atom stereocenters. The smallest absolute Gasteiger partial charge is 0.337 e. The minimum absolute atomic E-state index is 0.255. The van der Waals surface area contributed by atoms with Gasteiger partial charge in [0.15, 0.2) is 0 Å². The molecule has 0 fully saturated rings. The number of benzene rings is 2. The van der Waals surface area contributed by atoms with Gasteiger partial charge in [0.25, 0.3) is 0 Å². The maximum absolute atomic E-state index is 11.2. The Morgan fingerprint density at radius 2 is 1.68 bits per heavy atom. The molecule has 0 amide bonds. The van der Waals surface area contributed by atoms with Crippen LogP contribution in [-0.4, -0.2) is 17.6 Å². The number of hydrogen-bond acceptors (Lipinski definition) is 3. The molecular formula is C15H16N2O2. The zero-order chi connectivity index (χ0) is 13.7. The SMILES string of the molecule is NCCc1ccccc1Nc1ccccc1C(=O)O. The molecule has 0 aliphatic carbocycles. The third-order valence-corrected chi connectivity index (χ3v) is 2.86. The first kappa shape index (κ1) is 13.1. The number of carboxylic acids is 1. The van der Waals surface area contributed by atoms with E-state index in [-0.39, 0.29) is 5.56 Å². The average molecular weight is 256 g/mol. The number of rotatable bonds is 5. The van der Waals surface area contributed by atoms with E-state index in [9.17, 15) is 4.79 Å². The molecule has 0 unspecified atom stereocenters. The van der Waals surface area contributed by atoms with Crippen molar-refractivity contribution < 1.29 is 9.90 Å². The Hall–Kier alpha value is -2.33. The molecular weight excluding hydrogens is 240 g/mol. The molecule has 98 valence electrons. The van der Waals surface area contributed by atoms with Crippen molar-refractivity contribution in [3.63, 3.8) is 0 Å². The van der Waals surface area contributed by atoms with Gasteiger partial charge in [-0.05, 0) is 36.7 Å². The lowest BCUT2D eigenvalue weighted by Crippen LogP contribution is -2.07. The van der Waals surface area contributed by atoms with Gasteiger partial charge < -0.3 is 16.2 Å². The van der Waals surface area contributed by atoms with Crippen molar-refractivity contribution in [2.24, 2.45) is 5.73 Å². The van der Waals surface area contributed by atoms with Crippen molar-refractivity contribution in [2.75, 3.05) is 11.9 Å². The Kier molecular flexibility index (Phi) is 4.15. The molecule has 0 heterocycles. The lowest BCUT2D eigenvalue weighted by Gasteiger charge is -2.13. The van der Waals surface area contributed by atoms with Gasteiger partial charge in [-0.1, -0.05) is 30.3 Å². The van der Waals surface area contributed by atoms with E-state index < -0.39 is 5.97 Å². The van der Waals surface area contributed by atoms with Crippen LogP contribution in [0.3, 0.4) is 0 Å². The monoisotopic (exact) mass is 256 g/mol. The fourth-order valence-corrected chi connectivity index (χ4v) is 1.94. The highest BCUT2D eigenvalue weighted by atomic mass is 16.4. The first-order chi connectivity index (χ1) is 9.22. The molecule has 0 aliphatic rings. The number of nitrogens with two attached hydrogens (primary N) is 1. The van der Waals surface area contributed by atoms with E-state index in [0.717, 1.165) is 17.7 Å². The van der Waals surface area contributed by atoms with Crippen LogP contribution in [0.25, 0.3) is 0 Å². The molecule has 0 bridgehead atoms. The van der Waals surface area contributed by atoms with Crippen LogP contribution in [0.1, 0.15) is 15.9 Å². The van der Waals surface area contributed by atoms with Crippen molar-refractivity contribution in [3.8, 4) is 0 Å². The zero-order valence-electron chi connectivity index (χ0n) is 10.5. The molecule has 4 N–H and O–H groups in total. The van der Waals surface area contributed by atoms with E-state index in [2.05, 4.69) is 5.32 Å². The van der Waals surface area contributed by atoms with E-state index in [0.29, 0.717) is 12.2 Å². The van der Waals surface area contributed by atoms with Crippen molar-refractivity contribution in [1.82, 2.24) is 0 Å². The number of nitrogens with one attached hydrogen (secondary N) is 1. The number of hydrogen-bond donors (Lipinski definition) is 3. The second kappa shape index (κ2) is 6.02. The van der Waals surface area contributed by atoms with Crippen molar-refractivity contribution in [2.45, 2.75) is 6.42 Å². The molecule has 0 saturated heterocycles. The van der Waals surface area contributed by atoms with Crippen LogP contribution in [-0.2, 0) is 6.42 Å². The standard InChI is InChI=1S/C15H16N2O2/c16-10-9-11-5-1-3-7-13(11)17-14-8-4-2-6-12(14)15(18)19/h1-8,17H,9-10,16H2,(H,18,19). The molecule has 2 aromatic rings. The summed E-state index contributed by atoms with van der Waals surface area (Å²) in [5, 5.41) is 12.3. The number of anilines is 2. The molecule has 0 spiro atoms. The van der Waals surface area contributed by atoms with E-state index >= 15 is 0 Å². The third-order valence-electron chi connectivity index (χ3n) is 2.86. The summed E-state index contributed by atoms with van der Waals surface area (Å²) in [4.78, 5) is 11.2. The normalized spacial score (nSPS) is 10.2. The van der Waals surface area contributed by atoms with Gasteiger partial charge in [0.05, 0.1) is 11.3 Å². The van der Waals surface area contributed by atoms with Crippen molar-refractivity contribution in [1.29, 1.82) is 0 Å². The molecule has 0 saturated carbocycles. The molecule has 2 aromatic carbocycles. The van der Waals surface area contributed by atoms with Crippen LogP contribution in [0.4, 0.5) is 11.4 Å². The quantitative estimate of drug-likeness (QED) is 0.768. The number of aromatic carboxylic acids is 1. The fourth-order valence-electron chi connectivity index (χ4n) is 1.94. The number of carbonyl (C=O) groups is 1. The van der Waals surface area contributed by atoms with Gasteiger partial charge in [-0.3, -0.25) is 0 Å². The van der Waals surface area contributed by atoms with E-state index in [1.807, 2.05) is 24.3 Å². The van der Waals surface area contributed by atoms with E-state index in [1.54, 1.807) is 24.3 Å². The van der Waals surface area contributed by atoms with Crippen LogP contribution in [0.15, 0.2) is 48.5 Å². The predicted molar refractivity (Wildman–Crippen MR) is 75.9 cm³/mol. The Bertz CT molecular complexity index is 582. The summed E-state index contributed by atoms with van der Waals surface area (Å²) in [6.45, 7) is 0.555. The minimum atomic E-state index is -0.945. The lowest BCUT2D eigenvalue weighted by atomic mass is 10.1. The van der Waals surface area contributed by atoms with Gasteiger partial charge in [-0.2, -0.15) is 0 Å². The van der Waals surface area contributed by atoms with Gasteiger partial charge in [-0.25, -0.2) is 4.79 Å². The molecule has 0 aromatic heterocycles. The first-order valence-corrected chi connectivity index (χ1v) is 6.09.